The Kier molecular flexibility index (Phi) is 3.15. The number of allylic oxidation sites excluding steroid dienone is 4. The van der Waals surface area contributed by atoms with E-state index in [9.17, 15) is 13.2 Å². The number of benzene rings is 1. The van der Waals surface area contributed by atoms with E-state index < -0.39 is 11.7 Å². The first-order valence-electron chi connectivity index (χ1n) is 4.96. The maximum Gasteiger partial charge on any atom is 0.413 e. The fraction of sp³-hybridized carbons (Fsp3) is 0.154. The number of halogens is 3. The van der Waals surface area contributed by atoms with Crippen LogP contribution in [-0.4, -0.2) is 11.0 Å². The van der Waals surface area contributed by atoms with Gasteiger partial charge >= 0.3 is 6.18 Å². The highest BCUT2D eigenvalue weighted by atomic mass is 32.1. The second-order valence-electron chi connectivity index (χ2n) is 3.66. The van der Waals surface area contributed by atoms with Crippen molar-refractivity contribution in [1.82, 2.24) is 0 Å². The van der Waals surface area contributed by atoms with Crippen molar-refractivity contribution in [2.24, 2.45) is 0 Å². The Hall–Kier alpha value is -1.42. The lowest BCUT2D eigenvalue weighted by atomic mass is 9.93. The van der Waals surface area contributed by atoms with Gasteiger partial charge in [-0.1, -0.05) is 48.6 Å². The van der Waals surface area contributed by atoms with E-state index in [1.165, 1.54) is 6.08 Å². The molecule has 0 N–H and O–H groups in total. The SMILES string of the molecule is FC(F)(F)C1=CC=C(c2cc[c]cc2)C(=S)C1. The molecule has 17 heavy (non-hydrogen) atoms. The van der Waals surface area contributed by atoms with Crippen molar-refractivity contribution in [2.75, 3.05) is 0 Å². The molecule has 1 radical (unpaired) electrons. The van der Waals surface area contributed by atoms with Crippen LogP contribution in [0.5, 0.6) is 0 Å². The summed E-state index contributed by atoms with van der Waals surface area (Å²) in [6, 6.07) is 9.84. The predicted octanol–water partition coefficient (Wildman–Crippen LogP) is 4.13. The minimum Gasteiger partial charge on any atom is -0.166 e. The molecule has 0 aliphatic heterocycles. The molecule has 0 nitrogen and oxygen atoms in total. The first-order chi connectivity index (χ1) is 7.98. The molecule has 2 rings (SSSR count). The van der Waals surface area contributed by atoms with Gasteiger partial charge in [-0.15, -0.1) is 0 Å². The Morgan fingerprint density at radius 2 is 1.76 bits per heavy atom. The molecule has 0 heterocycles. The molecule has 0 bridgehead atoms. The van der Waals surface area contributed by atoms with E-state index in [1.54, 1.807) is 24.3 Å². The minimum absolute atomic E-state index is 0.219. The van der Waals surface area contributed by atoms with Crippen molar-refractivity contribution in [1.29, 1.82) is 0 Å². The van der Waals surface area contributed by atoms with Gasteiger partial charge in [-0.05, 0) is 17.2 Å². The van der Waals surface area contributed by atoms with E-state index in [1.807, 2.05) is 0 Å². The van der Waals surface area contributed by atoms with Gasteiger partial charge < -0.3 is 0 Å². The molecule has 1 aromatic rings. The molecule has 0 aromatic heterocycles. The van der Waals surface area contributed by atoms with Gasteiger partial charge in [0, 0.05) is 16.9 Å². The molecule has 0 fully saturated rings. The van der Waals surface area contributed by atoms with Crippen LogP contribution in [0.2, 0.25) is 0 Å². The molecule has 0 unspecified atom stereocenters. The molecule has 4 heteroatoms. The summed E-state index contributed by atoms with van der Waals surface area (Å²) in [5, 5.41) is 0. The summed E-state index contributed by atoms with van der Waals surface area (Å²) in [6.07, 6.45) is -1.98. The summed E-state index contributed by atoms with van der Waals surface area (Å²) < 4.78 is 37.4. The van der Waals surface area contributed by atoms with E-state index in [-0.39, 0.29) is 6.42 Å². The van der Waals surface area contributed by atoms with Gasteiger partial charge in [0.2, 0.25) is 0 Å². The first kappa shape index (κ1) is 12.0. The molecular weight excluding hydrogens is 245 g/mol. The molecule has 1 aliphatic carbocycles. The normalized spacial score (nSPS) is 16.5. The van der Waals surface area contributed by atoms with E-state index in [0.29, 0.717) is 10.4 Å². The van der Waals surface area contributed by atoms with Gasteiger partial charge in [0.05, 0.1) is 0 Å². The summed E-state index contributed by atoms with van der Waals surface area (Å²) in [5.41, 5.74) is 0.918. The van der Waals surface area contributed by atoms with Crippen molar-refractivity contribution >= 4 is 22.7 Å². The highest BCUT2D eigenvalue weighted by Gasteiger charge is 2.35. The maximum atomic E-state index is 12.5. The van der Waals surface area contributed by atoms with E-state index in [0.717, 1.165) is 11.6 Å². The smallest absolute Gasteiger partial charge is 0.166 e. The Morgan fingerprint density at radius 1 is 1.12 bits per heavy atom. The number of rotatable bonds is 1. The highest BCUT2D eigenvalue weighted by Crippen LogP contribution is 2.34. The van der Waals surface area contributed by atoms with Crippen LogP contribution in [0.25, 0.3) is 5.57 Å². The van der Waals surface area contributed by atoms with E-state index in [2.05, 4.69) is 6.07 Å². The van der Waals surface area contributed by atoms with E-state index >= 15 is 0 Å². The molecule has 1 aromatic carbocycles. The van der Waals surface area contributed by atoms with Gasteiger partial charge in [-0.2, -0.15) is 13.2 Å². The van der Waals surface area contributed by atoms with Crippen molar-refractivity contribution in [3.8, 4) is 0 Å². The Bertz CT molecular complexity index is 495. The molecule has 87 valence electrons. The molecule has 0 atom stereocenters. The molecule has 0 spiro atoms. The van der Waals surface area contributed by atoms with Gasteiger partial charge in [0.1, 0.15) is 0 Å². The van der Waals surface area contributed by atoms with E-state index in [4.69, 9.17) is 12.2 Å². The number of hydrogen-bond donors (Lipinski definition) is 0. The van der Waals surface area contributed by atoms with Gasteiger partial charge in [-0.25, -0.2) is 0 Å². The molecule has 0 amide bonds. The number of hydrogen-bond acceptors (Lipinski definition) is 1. The minimum atomic E-state index is -4.30. The van der Waals surface area contributed by atoms with Crippen LogP contribution >= 0.6 is 12.2 Å². The van der Waals surface area contributed by atoms with Crippen LogP contribution in [0.15, 0.2) is 42.0 Å². The largest absolute Gasteiger partial charge is 0.413 e. The Labute approximate surface area is 102 Å². The van der Waals surface area contributed by atoms with Crippen molar-refractivity contribution < 1.29 is 13.2 Å². The molecule has 0 saturated carbocycles. The van der Waals surface area contributed by atoms with Crippen LogP contribution < -0.4 is 0 Å². The van der Waals surface area contributed by atoms with Crippen LogP contribution in [-0.2, 0) is 0 Å². The quantitative estimate of drug-likeness (QED) is 0.678. The Morgan fingerprint density at radius 3 is 2.29 bits per heavy atom. The fourth-order valence-corrected chi connectivity index (χ4v) is 1.96. The molecular formula is C13H8F3S. The topological polar surface area (TPSA) is 0 Å². The van der Waals surface area contributed by atoms with Crippen LogP contribution in [0.3, 0.4) is 0 Å². The lowest BCUT2D eigenvalue weighted by Gasteiger charge is -2.18. The van der Waals surface area contributed by atoms with Crippen molar-refractivity contribution in [3.63, 3.8) is 0 Å². The standard InChI is InChI=1S/C13H8F3S/c14-13(15,16)10-6-7-11(12(17)8-10)9-4-2-1-3-5-9/h2-7H,8H2. The number of alkyl halides is 3. The lowest BCUT2D eigenvalue weighted by Crippen LogP contribution is -2.17. The molecule has 0 saturated heterocycles. The highest BCUT2D eigenvalue weighted by molar-refractivity contribution is 7.81. The van der Waals surface area contributed by atoms with Crippen LogP contribution in [0.4, 0.5) is 13.2 Å². The van der Waals surface area contributed by atoms with Crippen molar-refractivity contribution in [2.45, 2.75) is 12.6 Å². The maximum absolute atomic E-state index is 12.5. The third-order valence-corrected chi connectivity index (χ3v) is 2.86. The second kappa shape index (κ2) is 4.45. The third-order valence-electron chi connectivity index (χ3n) is 2.50. The average Bonchev–Trinajstić information content (AvgIpc) is 2.29. The summed E-state index contributed by atoms with van der Waals surface area (Å²) in [7, 11) is 0. The monoisotopic (exact) mass is 253 g/mol. The Balaban J connectivity index is 2.36. The zero-order valence-electron chi connectivity index (χ0n) is 8.71. The zero-order valence-corrected chi connectivity index (χ0v) is 9.53. The number of thiocarbonyl (C=S) groups is 1. The lowest BCUT2D eigenvalue weighted by molar-refractivity contribution is -0.0924. The van der Waals surface area contributed by atoms with Gasteiger partial charge in [-0.3, -0.25) is 0 Å². The summed E-state index contributed by atoms with van der Waals surface area (Å²) in [4.78, 5) is 0.325. The fourth-order valence-electron chi connectivity index (χ4n) is 1.62. The summed E-state index contributed by atoms with van der Waals surface area (Å²) in [5.74, 6) is 0. The summed E-state index contributed by atoms with van der Waals surface area (Å²) >= 11 is 5.04. The predicted molar refractivity (Wildman–Crippen MR) is 64.6 cm³/mol. The molecule has 1 aliphatic rings. The summed E-state index contributed by atoms with van der Waals surface area (Å²) in [6.45, 7) is 0. The van der Waals surface area contributed by atoms with Crippen molar-refractivity contribution in [3.05, 3.63) is 53.6 Å². The average molecular weight is 253 g/mol. The first-order valence-corrected chi connectivity index (χ1v) is 5.37. The third kappa shape index (κ3) is 2.64. The zero-order chi connectivity index (χ0) is 12.5. The van der Waals surface area contributed by atoms with Gasteiger partial charge in [0.25, 0.3) is 0 Å². The van der Waals surface area contributed by atoms with Crippen LogP contribution in [0.1, 0.15) is 12.0 Å². The van der Waals surface area contributed by atoms with Gasteiger partial charge in [0.15, 0.2) is 0 Å². The van der Waals surface area contributed by atoms with Crippen LogP contribution in [0, 0.1) is 6.07 Å². The second-order valence-corrected chi connectivity index (χ2v) is 4.15.